The summed E-state index contributed by atoms with van der Waals surface area (Å²) in [6.45, 7) is 9.89. The van der Waals surface area contributed by atoms with Gasteiger partial charge in [-0.25, -0.2) is 14.4 Å². The molecule has 12 nitrogen and oxygen atoms in total. The van der Waals surface area contributed by atoms with Crippen molar-refractivity contribution in [2.45, 2.75) is 52.8 Å². The van der Waals surface area contributed by atoms with Crippen molar-refractivity contribution in [2.24, 2.45) is 14.1 Å². The Hall–Kier alpha value is -4.17. The molecule has 2 aliphatic rings. The van der Waals surface area contributed by atoms with E-state index in [1.165, 1.54) is 18.3 Å². The molecule has 0 spiro atoms. The quantitative estimate of drug-likeness (QED) is 0.258. The lowest BCUT2D eigenvalue weighted by atomic mass is 10.0. The molecule has 2 aliphatic heterocycles. The maximum absolute atomic E-state index is 15.1. The number of pyridine rings is 1. The number of hydrogen-bond donors (Lipinski definition) is 3. The smallest absolute Gasteiger partial charge is 0.291 e. The molecular weight excluding hydrogens is 625 g/mol. The van der Waals surface area contributed by atoms with Crippen LogP contribution in [0.25, 0.3) is 11.3 Å². The number of benzene rings is 1. The van der Waals surface area contributed by atoms with Gasteiger partial charge in [0, 0.05) is 88.5 Å². The summed E-state index contributed by atoms with van der Waals surface area (Å²) in [5, 5.41) is 15.6. The highest BCUT2D eigenvalue weighted by Crippen LogP contribution is 2.37. The van der Waals surface area contributed by atoms with Crippen LogP contribution in [0.3, 0.4) is 0 Å². The number of nitrogens with zero attached hydrogens (tertiary/aromatic N) is 7. The summed E-state index contributed by atoms with van der Waals surface area (Å²) in [6, 6.07) is 4.12. The first-order valence-electron chi connectivity index (χ1n) is 15.7. The van der Waals surface area contributed by atoms with Crippen LogP contribution in [-0.2, 0) is 40.0 Å². The first kappa shape index (κ1) is 32.8. The van der Waals surface area contributed by atoms with E-state index in [9.17, 15) is 14.7 Å². The molecule has 4 aromatic rings. The highest BCUT2D eigenvalue weighted by atomic mass is 35.5. The molecule has 0 aliphatic carbocycles. The fourth-order valence-electron chi connectivity index (χ4n) is 6.51. The number of likely N-dealkylation sites (N-methyl/N-ethyl adjacent to an activating group) is 1. The minimum absolute atomic E-state index is 0.126. The second kappa shape index (κ2) is 13.1. The summed E-state index contributed by atoms with van der Waals surface area (Å²) >= 11 is 6.80. The molecule has 0 saturated carbocycles. The largest absolute Gasteiger partial charge is 0.392 e. The van der Waals surface area contributed by atoms with Crippen molar-refractivity contribution in [3.63, 3.8) is 0 Å². The first-order valence-corrected chi connectivity index (χ1v) is 16.1. The Morgan fingerprint density at radius 3 is 2.15 bits per heavy atom. The van der Waals surface area contributed by atoms with Gasteiger partial charge in [-0.2, -0.15) is 0 Å². The molecule has 5 heterocycles. The Bertz CT molecular complexity index is 1870. The Balaban J connectivity index is 1.24. The van der Waals surface area contributed by atoms with E-state index in [2.05, 4.69) is 42.3 Å². The van der Waals surface area contributed by atoms with E-state index in [0.717, 1.165) is 48.8 Å². The standard InChI is InChI=1S/C33H39ClFN9O3/c1-6-43-11-8-26-24(16-43)37-30(41(26)4)32(46)39-22-7-10-36-29(28(22)34)21-13-20(35)14-23(19(21)3)40-33(47)31-38-25-17-44(15-18(2)45)12-9-27(25)42(31)5/h7,10,13-14,18,45H,6,8-9,11-12,15-17H2,1-5H3,(H,40,47)(H,36,39,46)/t18-/m0/s1. The number of rotatable bonds is 8. The van der Waals surface area contributed by atoms with Gasteiger partial charge in [0.25, 0.3) is 11.8 Å². The monoisotopic (exact) mass is 663 g/mol. The van der Waals surface area contributed by atoms with Crippen LogP contribution < -0.4 is 10.6 Å². The third kappa shape index (κ3) is 6.40. The first-order chi connectivity index (χ1) is 22.4. The maximum atomic E-state index is 15.1. The van der Waals surface area contributed by atoms with Crippen molar-refractivity contribution in [3.8, 4) is 11.3 Å². The van der Waals surface area contributed by atoms with E-state index in [4.69, 9.17) is 11.6 Å². The number of fused-ring (bicyclic) bond motifs is 2. The zero-order valence-electron chi connectivity index (χ0n) is 27.2. The van der Waals surface area contributed by atoms with Gasteiger partial charge in [0.1, 0.15) is 5.82 Å². The number of carbonyl (C=O) groups is 2. The molecule has 3 aromatic heterocycles. The number of hydrogen-bond acceptors (Lipinski definition) is 8. The number of aliphatic hydroxyl groups is 1. The van der Waals surface area contributed by atoms with Crippen LogP contribution in [-0.4, -0.2) is 83.1 Å². The van der Waals surface area contributed by atoms with Crippen molar-refractivity contribution in [3.05, 3.63) is 75.2 Å². The van der Waals surface area contributed by atoms with Crippen molar-refractivity contribution in [1.29, 1.82) is 0 Å². The van der Waals surface area contributed by atoms with Gasteiger partial charge in [-0.05, 0) is 44.2 Å². The summed E-state index contributed by atoms with van der Waals surface area (Å²) in [7, 11) is 3.62. The van der Waals surface area contributed by atoms with Crippen molar-refractivity contribution in [2.75, 3.05) is 36.8 Å². The average molecular weight is 664 g/mol. The molecular formula is C33H39ClFN9O3. The Labute approximate surface area is 277 Å². The highest BCUT2D eigenvalue weighted by Gasteiger charge is 2.28. The number of imidazole rings is 2. The summed E-state index contributed by atoms with van der Waals surface area (Å²) in [5.41, 5.74) is 5.36. The number of nitrogens with one attached hydrogen (secondary N) is 2. The Morgan fingerprint density at radius 1 is 0.979 bits per heavy atom. The molecule has 0 radical (unpaired) electrons. The van der Waals surface area contributed by atoms with E-state index < -0.39 is 23.7 Å². The lowest BCUT2D eigenvalue weighted by molar-refractivity contribution is 0.100. The lowest BCUT2D eigenvalue weighted by Gasteiger charge is -2.27. The van der Waals surface area contributed by atoms with Crippen LogP contribution in [0.5, 0.6) is 0 Å². The Kier molecular flexibility index (Phi) is 9.16. The molecule has 0 bridgehead atoms. The molecule has 248 valence electrons. The molecule has 6 rings (SSSR count). The normalized spacial score (nSPS) is 15.7. The van der Waals surface area contributed by atoms with Crippen molar-refractivity contribution in [1.82, 2.24) is 33.9 Å². The van der Waals surface area contributed by atoms with Gasteiger partial charge in [0.2, 0.25) is 0 Å². The zero-order chi connectivity index (χ0) is 33.6. The predicted molar refractivity (Wildman–Crippen MR) is 177 cm³/mol. The van der Waals surface area contributed by atoms with Crippen molar-refractivity contribution >= 4 is 34.8 Å². The lowest BCUT2D eigenvalue weighted by Crippen LogP contribution is -2.36. The summed E-state index contributed by atoms with van der Waals surface area (Å²) < 4.78 is 18.7. The fraction of sp³-hybridized carbons (Fsp3) is 0.424. The number of β-amino-alcohol motifs (C(OH)–C–C–N with tert-alkyl or cyclic N) is 1. The average Bonchev–Trinajstić information content (AvgIpc) is 3.55. The number of carbonyl (C=O) groups excluding carboxylic acids is 2. The van der Waals surface area contributed by atoms with Gasteiger partial charge in [-0.3, -0.25) is 24.4 Å². The molecule has 14 heteroatoms. The van der Waals surface area contributed by atoms with Gasteiger partial charge in [-0.15, -0.1) is 0 Å². The molecule has 0 fully saturated rings. The van der Waals surface area contributed by atoms with E-state index in [1.54, 1.807) is 31.5 Å². The molecule has 1 atom stereocenters. The number of amides is 2. The highest BCUT2D eigenvalue weighted by molar-refractivity contribution is 6.36. The minimum atomic E-state index is -0.596. The molecule has 2 amide bonds. The molecule has 47 heavy (non-hydrogen) atoms. The fourth-order valence-corrected chi connectivity index (χ4v) is 6.77. The van der Waals surface area contributed by atoms with Gasteiger partial charge >= 0.3 is 0 Å². The van der Waals surface area contributed by atoms with Crippen LogP contribution in [0.1, 0.15) is 63.4 Å². The maximum Gasteiger partial charge on any atom is 0.291 e. The van der Waals surface area contributed by atoms with Gasteiger partial charge in [0.15, 0.2) is 11.6 Å². The molecule has 1 aromatic carbocycles. The molecule has 0 unspecified atom stereocenters. The van der Waals surface area contributed by atoms with Crippen LogP contribution >= 0.6 is 11.6 Å². The SMILES string of the molecule is CCN1CCc2c(nc(C(=O)Nc3ccnc(-c4cc(F)cc(NC(=O)c5nc6c(n5C)CCN(C[C@H](C)O)C6)c4C)c3Cl)n2C)C1. The number of aromatic nitrogens is 5. The van der Waals surface area contributed by atoms with Gasteiger partial charge in [-0.1, -0.05) is 18.5 Å². The van der Waals surface area contributed by atoms with E-state index >= 15 is 4.39 Å². The van der Waals surface area contributed by atoms with E-state index in [1.807, 2.05) is 11.6 Å². The molecule has 3 N–H and O–H groups in total. The van der Waals surface area contributed by atoms with Crippen LogP contribution in [0.15, 0.2) is 24.4 Å². The minimum Gasteiger partial charge on any atom is -0.392 e. The second-order valence-electron chi connectivity index (χ2n) is 12.3. The summed E-state index contributed by atoms with van der Waals surface area (Å²) in [4.78, 5) is 44.9. The van der Waals surface area contributed by atoms with Gasteiger partial charge < -0.3 is 24.9 Å². The summed E-state index contributed by atoms with van der Waals surface area (Å²) in [5.74, 6) is -1.01. The predicted octanol–water partition coefficient (Wildman–Crippen LogP) is 3.94. The van der Waals surface area contributed by atoms with Crippen LogP contribution in [0.2, 0.25) is 5.02 Å². The van der Waals surface area contributed by atoms with E-state index in [0.29, 0.717) is 42.9 Å². The Morgan fingerprint density at radius 2 is 1.55 bits per heavy atom. The van der Waals surface area contributed by atoms with Crippen LogP contribution in [0.4, 0.5) is 15.8 Å². The van der Waals surface area contributed by atoms with Gasteiger partial charge in [0.05, 0.1) is 33.9 Å². The topological polar surface area (TPSA) is 133 Å². The van der Waals surface area contributed by atoms with E-state index in [-0.39, 0.29) is 28.1 Å². The number of halogens is 2. The third-order valence-corrected chi connectivity index (χ3v) is 9.44. The van der Waals surface area contributed by atoms with Crippen molar-refractivity contribution < 1.29 is 19.1 Å². The van der Waals surface area contributed by atoms with Crippen LogP contribution in [0, 0.1) is 12.7 Å². The third-order valence-electron chi connectivity index (χ3n) is 9.06. The molecule has 0 saturated heterocycles. The second-order valence-corrected chi connectivity index (χ2v) is 12.7. The zero-order valence-corrected chi connectivity index (χ0v) is 27.9. The number of aliphatic hydroxyl groups excluding tert-OH is 1. The number of anilines is 2. The summed E-state index contributed by atoms with van der Waals surface area (Å²) in [6.07, 6.45) is 2.52.